The normalized spacial score (nSPS) is 13.0. The van der Waals surface area contributed by atoms with Crippen LogP contribution in [0.3, 0.4) is 0 Å². The van der Waals surface area contributed by atoms with E-state index < -0.39 is 24.0 Å². The predicted molar refractivity (Wildman–Crippen MR) is 101 cm³/mol. The Kier molecular flexibility index (Phi) is 8.57. The van der Waals surface area contributed by atoms with E-state index in [0.717, 1.165) is 5.56 Å². The Morgan fingerprint density at radius 3 is 2.27 bits per heavy atom. The molecule has 143 valence electrons. The number of nitrogens with one attached hydrogen (secondary N) is 3. The van der Waals surface area contributed by atoms with Crippen LogP contribution >= 0.6 is 0 Å². The van der Waals surface area contributed by atoms with E-state index in [1.165, 1.54) is 0 Å². The fourth-order valence-corrected chi connectivity index (χ4v) is 2.17. The molecule has 0 fully saturated rings. The fourth-order valence-electron chi connectivity index (χ4n) is 2.17. The van der Waals surface area contributed by atoms with Crippen LogP contribution in [0.4, 0.5) is 10.5 Å². The lowest BCUT2D eigenvalue weighted by Crippen LogP contribution is -2.51. The highest BCUT2D eigenvalue weighted by Gasteiger charge is 2.25. The van der Waals surface area contributed by atoms with Crippen LogP contribution in [0.25, 0.3) is 0 Å². The topological polar surface area (TPSA) is 139 Å². The van der Waals surface area contributed by atoms with Crippen molar-refractivity contribution in [2.45, 2.75) is 38.8 Å². The van der Waals surface area contributed by atoms with E-state index in [4.69, 9.17) is 11.5 Å². The number of urea groups is 1. The first-order chi connectivity index (χ1) is 12.2. The van der Waals surface area contributed by atoms with Gasteiger partial charge in [-0.15, -0.1) is 0 Å². The molecule has 7 N–H and O–H groups in total. The molecular weight excluding hydrogens is 334 g/mol. The van der Waals surface area contributed by atoms with Gasteiger partial charge in [0, 0.05) is 12.2 Å². The average molecular weight is 362 g/mol. The first-order valence-electron chi connectivity index (χ1n) is 8.53. The zero-order valence-corrected chi connectivity index (χ0v) is 15.2. The molecule has 1 rings (SSSR count). The van der Waals surface area contributed by atoms with Gasteiger partial charge in [0.05, 0.1) is 6.04 Å². The van der Waals surface area contributed by atoms with Crippen molar-refractivity contribution >= 4 is 23.5 Å². The van der Waals surface area contributed by atoms with Crippen LogP contribution < -0.4 is 27.4 Å². The van der Waals surface area contributed by atoms with Crippen LogP contribution in [0.2, 0.25) is 0 Å². The largest absolute Gasteiger partial charge is 0.352 e. The number of nitrogens with two attached hydrogens (primary N) is 2. The number of carbonyl (C=O) groups is 3. The highest BCUT2D eigenvalue weighted by atomic mass is 16.2. The lowest BCUT2D eigenvalue weighted by Gasteiger charge is -2.22. The Balaban J connectivity index is 2.73. The van der Waals surface area contributed by atoms with Crippen molar-refractivity contribution in [1.82, 2.24) is 10.6 Å². The molecule has 8 nitrogen and oxygen atoms in total. The molecular formula is C18H28N5O3. The van der Waals surface area contributed by atoms with Crippen molar-refractivity contribution < 1.29 is 14.4 Å². The molecule has 4 amide bonds. The summed E-state index contributed by atoms with van der Waals surface area (Å²) in [7, 11) is 0. The molecule has 1 aromatic carbocycles. The molecule has 0 aliphatic heterocycles. The van der Waals surface area contributed by atoms with Gasteiger partial charge in [0.15, 0.2) is 0 Å². The molecule has 0 aromatic heterocycles. The molecule has 26 heavy (non-hydrogen) atoms. The minimum atomic E-state index is -0.776. The molecule has 1 aromatic rings. The third kappa shape index (κ3) is 7.52. The third-order valence-electron chi connectivity index (χ3n) is 3.84. The van der Waals surface area contributed by atoms with Crippen molar-refractivity contribution in [3.05, 3.63) is 36.8 Å². The van der Waals surface area contributed by atoms with Gasteiger partial charge in [0.2, 0.25) is 11.8 Å². The highest BCUT2D eigenvalue weighted by molar-refractivity contribution is 5.97. The zero-order chi connectivity index (χ0) is 19.7. The Morgan fingerprint density at radius 1 is 1.12 bits per heavy atom. The number of rotatable bonds is 9. The second-order valence-corrected chi connectivity index (χ2v) is 6.45. The number of amides is 4. The molecule has 0 unspecified atom stereocenters. The molecule has 1 radical (unpaired) electrons. The lowest BCUT2D eigenvalue weighted by atomic mass is 10.0. The fraction of sp³-hybridized carbons (Fsp3) is 0.444. The van der Waals surface area contributed by atoms with E-state index in [2.05, 4.69) is 22.9 Å². The number of carbonyl (C=O) groups excluding carboxylic acids is 3. The Hall–Kier alpha value is -2.61. The van der Waals surface area contributed by atoms with Gasteiger partial charge in [0.25, 0.3) is 0 Å². The van der Waals surface area contributed by atoms with Gasteiger partial charge in [-0.3, -0.25) is 9.59 Å². The smallest absolute Gasteiger partial charge is 0.312 e. The highest BCUT2D eigenvalue weighted by Crippen LogP contribution is 2.10. The Bertz CT molecular complexity index is 616. The Labute approximate surface area is 154 Å². The number of anilines is 1. The molecule has 0 bridgehead atoms. The summed E-state index contributed by atoms with van der Waals surface area (Å²) in [6.07, 6.45) is 0.798. The summed E-state index contributed by atoms with van der Waals surface area (Å²) in [6.45, 7) is 7.75. The maximum Gasteiger partial charge on any atom is 0.312 e. The van der Waals surface area contributed by atoms with Gasteiger partial charge in [-0.25, -0.2) is 4.79 Å². The number of benzene rings is 1. The van der Waals surface area contributed by atoms with Crippen LogP contribution in [-0.4, -0.2) is 36.5 Å². The third-order valence-corrected chi connectivity index (χ3v) is 3.84. The van der Waals surface area contributed by atoms with E-state index in [0.29, 0.717) is 25.1 Å². The number of primary amides is 1. The molecule has 0 aliphatic rings. The standard InChI is InChI=1S/C18H28N5O3/c1-11(2)15(19)17(25)23-14(5-4-10-21-18(20)26)16(24)22-13-8-6-12(3)7-9-13/h6-9,11,14-15H,3-5,10,19H2,1-2H3,(H,22,24)(H,23,25)(H3,20,21,26)/t14-,15-/m0/s1. The maximum atomic E-state index is 12.6. The van der Waals surface area contributed by atoms with Gasteiger partial charge >= 0.3 is 6.03 Å². The molecule has 0 saturated carbocycles. The van der Waals surface area contributed by atoms with E-state index in [1.54, 1.807) is 24.3 Å². The summed E-state index contributed by atoms with van der Waals surface area (Å²) in [5, 5.41) is 7.90. The van der Waals surface area contributed by atoms with E-state index >= 15 is 0 Å². The summed E-state index contributed by atoms with van der Waals surface area (Å²) in [5.41, 5.74) is 12.3. The SMILES string of the molecule is [CH2]c1ccc(NC(=O)[C@H](CCCNC(N)=O)NC(=O)[C@@H](N)C(C)C)cc1. The lowest BCUT2D eigenvalue weighted by molar-refractivity contribution is -0.128. The maximum absolute atomic E-state index is 12.6. The second-order valence-electron chi connectivity index (χ2n) is 6.45. The summed E-state index contributed by atoms with van der Waals surface area (Å²) in [4.78, 5) is 35.5. The minimum Gasteiger partial charge on any atom is -0.352 e. The molecule has 0 spiro atoms. The van der Waals surface area contributed by atoms with E-state index in [-0.39, 0.29) is 11.8 Å². The molecule has 2 atom stereocenters. The first-order valence-corrected chi connectivity index (χ1v) is 8.53. The van der Waals surface area contributed by atoms with E-state index in [9.17, 15) is 14.4 Å². The minimum absolute atomic E-state index is 0.0557. The summed E-state index contributed by atoms with van der Waals surface area (Å²) >= 11 is 0. The summed E-state index contributed by atoms with van der Waals surface area (Å²) in [5.74, 6) is -0.804. The first kappa shape index (κ1) is 21.4. The molecule has 8 heteroatoms. The number of hydrogen-bond acceptors (Lipinski definition) is 4. The van der Waals surface area contributed by atoms with Crippen LogP contribution in [0.5, 0.6) is 0 Å². The van der Waals surface area contributed by atoms with Gasteiger partial charge in [-0.05, 0) is 43.4 Å². The van der Waals surface area contributed by atoms with E-state index in [1.807, 2.05) is 13.8 Å². The van der Waals surface area contributed by atoms with Gasteiger partial charge in [0.1, 0.15) is 6.04 Å². The Morgan fingerprint density at radius 2 is 1.73 bits per heavy atom. The van der Waals surface area contributed by atoms with Crippen molar-refractivity contribution in [3.8, 4) is 0 Å². The average Bonchev–Trinajstić information content (AvgIpc) is 2.58. The van der Waals surface area contributed by atoms with Crippen molar-refractivity contribution in [2.24, 2.45) is 17.4 Å². The quantitative estimate of drug-likeness (QED) is 0.413. The van der Waals surface area contributed by atoms with Crippen molar-refractivity contribution in [1.29, 1.82) is 0 Å². The molecule has 0 aliphatic carbocycles. The van der Waals surface area contributed by atoms with Crippen LogP contribution in [-0.2, 0) is 9.59 Å². The second kappa shape index (κ2) is 10.4. The van der Waals surface area contributed by atoms with Crippen LogP contribution in [0.15, 0.2) is 24.3 Å². The number of hydrogen-bond donors (Lipinski definition) is 5. The van der Waals surface area contributed by atoms with Crippen LogP contribution in [0, 0.1) is 12.8 Å². The monoisotopic (exact) mass is 362 g/mol. The van der Waals surface area contributed by atoms with Gasteiger partial charge in [-0.2, -0.15) is 0 Å². The van der Waals surface area contributed by atoms with Gasteiger partial charge < -0.3 is 27.4 Å². The van der Waals surface area contributed by atoms with Crippen molar-refractivity contribution in [2.75, 3.05) is 11.9 Å². The van der Waals surface area contributed by atoms with Gasteiger partial charge in [-0.1, -0.05) is 26.0 Å². The molecule has 0 saturated heterocycles. The van der Waals surface area contributed by atoms with Crippen LogP contribution in [0.1, 0.15) is 32.3 Å². The summed E-state index contributed by atoms with van der Waals surface area (Å²) in [6, 6.07) is 4.89. The molecule has 0 heterocycles. The van der Waals surface area contributed by atoms with Crippen molar-refractivity contribution in [3.63, 3.8) is 0 Å². The predicted octanol–water partition coefficient (Wildman–Crippen LogP) is 0.724. The zero-order valence-electron chi connectivity index (χ0n) is 15.2. The summed E-state index contributed by atoms with van der Waals surface area (Å²) < 4.78 is 0.